The van der Waals surface area contributed by atoms with E-state index in [9.17, 15) is 9.90 Å². The fourth-order valence-electron chi connectivity index (χ4n) is 2.09. The minimum atomic E-state index is -0.340. The van der Waals surface area contributed by atoms with Crippen LogP contribution in [0.15, 0.2) is 43.0 Å². The van der Waals surface area contributed by atoms with Crippen LogP contribution in [0.4, 0.5) is 5.69 Å². The number of allylic oxidation sites excluding steroid dienone is 1. The molecule has 1 saturated heterocycles. The third-order valence-corrected chi connectivity index (χ3v) is 3.00. The molecule has 0 bridgehead atoms. The Morgan fingerprint density at radius 1 is 1.44 bits per heavy atom. The molecule has 0 aliphatic carbocycles. The van der Waals surface area contributed by atoms with E-state index in [-0.39, 0.29) is 24.5 Å². The van der Waals surface area contributed by atoms with E-state index in [4.69, 9.17) is 4.84 Å². The third-order valence-electron chi connectivity index (χ3n) is 3.00. The highest BCUT2D eigenvalue weighted by molar-refractivity contribution is 5.93. The zero-order valence-corrected chi connectivity index (χ0v) is 10.2. The first-order chi connectivity index (χ1) is 8.76. The summed E-state index contributed by atoms with van der Waals surface area (Å²) >= 11 is 0. The van der Waals surface area contributed by atoms with Gasteiger partial charge in [0.25, 0.3) is 5.91 Å². The number of rotatable bonds is 4. The number of nitrogens with zero attached hydrogens (tertiary/aromatic N) is 1. The van der Waals surface area contributed by atoms with Crippen LogP contribution in [0.1, 0.15) is 12.8 Å². The number of aliphatic hydroxyl groups excluding tert-OH is 1. The lowest BCUT2D eigenvalue weighted by molar-refractivity contribution is -0.144. The molecule has 4 nitrogen and oxygen atoms in total. The molecule has 1 heterocycles. The predicted octanol–water partition coefficient (Wildman–Crippen LogP) is 1.91. The first-order valence-corrected chi connectivity index (χ1v) is 6.03. The molecule has 1 aliphatic heterocycles. The van der Waals surface area contributed by atoms with Crippen molar-refractivity contribution in [2.45, 2.75) is 18.9 Å². The molecule has 96 valence electrons. The van der Waals surface area contributed by atoms with Gasteiger partial charge in [0.2, 0.25) is 0 Å². The van der Waals surface area contributed by atoms with E-state index in [1.54, 1.807) is 6.08 Å². The first-order valence-electron chi connectivity index (χ1n) is 6.03. The number of carbonyl (C=O) groups excluding carboxylic acids is 1. The molecule has 1 N–H and O–H groups in total. The number of hydrogen-bond acceptors (Lipinski definition) is 3. The number of aliphatic hydroxyl groups is 1. The molecule has 1 aromatic rings. The average molecular weight is 247 g/mol. The van der Waals surface area contributed by atoms with Gasteiger partial charge < -0.3 is 5.11 Å². The van der Waals surface area contributed by atoms with Gasteiger partial charge in [0.15, 0.2) is 0 Å². The number of amides is 1. The number of carbonyl (C=O) groups is 1. The van der Waals surface area contributed by atoms with Crippen LogP contribution in [-0.2, 0) is 9.63 Å². The lowest BCUT2D eigenvalue weighted by atomic mass is 9.95. The Labute approximate surface area is 106 Å². The van der Waals surface area contributed by atoms with E-state index >= 15 is 0 Å². The molecule has 0 radical (unpaired) electrons. The van der Waals surface area contributed by atoms with Crippen LogP contribution in [0.25, 0.3) is 0 Å². The molecule has 2 unspecified atom stereocenters. The molecule has 1 aliphatic rings. The second kappa shape index (κ2) is 5.80. The topological polar surface area (TPSA) is 49.8 Å². The quantitative estimate of drug-likeness (QED) is 0.827. The molecule has 1 amide bonds. The number of para-hydroxylation sites is 1. The molecule has 4 heteroatoms. The van der Waals surface area contributed by atoms with Crippen LogP contribution in [0.3, 0.4) is 0 Å². The van der Waals surface area contributed by atoms with Crippen LogP contribution >= 0.6 is 0 Å². The summed E-state index contributed by atoms with van der Waals surface area (Å²) in [5.41, 5.74) is 0.690. The molecular formula is C14H17NO3. The van der Waals surface area contributed by atoms with Crippen molar-refractivity contribution in [2.24, 2.45) is 5.92 Å². The zero-order chi connectivity index (χ0) is 13.0. The lowest BCUT2D eigenvalue weighted by Gasteiger charge is -2.35. The highest BCUT2D eigenvalue weighted by Crippen LogP contribution is 2.28. The van der Waals surface area contributed by atoms with Gasteiger partial charge in [-0.25, -0.2) is 0 Å². The number of hydroxylamine groups is 1. The average Bonchev–Trinajstić information content (AvgIpc) is 2.42. The SMILES string of the molecule is C=CCC1CC(CO)ON(c2ccccc2)C1=O. The molecule has 0 saturated carbocycles. The van der Waals surface area contributed by atoms with Crippen molar-refractivity contribution in [3.05, 3.63) is 43.0 Å². The summed E-state index contributed by atoms with van der Waals surface area (Å²) in [7, 11) is 0. The number of benzene rings is 1. The molecule has 1 aromatic carbocycles. The minimum absolute atomic E-state index is 0.0780. The van der Waals surface area contributed by atoms with E-state index in [0.717, 1.165) is 0 Å². The molecule has 0 aromatic heterocycles. The molecular weight excluding hydrogens is 230 g/mol. The van der Waals surface area contributed by atoms with Crippen LogP contribution in [-0.4, -0.2) is 23.7 Å². The Kier molecular flexibility index (Phi) is 4.12. The molecule has 18 heavy (non-hydrogen) atoms. The lowest BCUT2D eigenvalue weighted by Crippen LogP contribution is -2.47. The van der Waals surface area contributed by atoms with Crippen LogP contribution in [0.5, 0.6) is 0 Å². The van der Waals surface area contributed by atoms with Crippen molar-refractivity contribution >= 4 is 11.6 Å². The Bertz CT molecular complexity index is 418. The van der Waals surface area contributed by atoms with Crippen molar-refractivity contribution in [3.63, 3.8) is 0 Å². The maximum atomic E-state index is 12.2. The standard InChI is InChI=1S/C14H17NO3/c1-2-6-11-9-13(10-16)18-15(14(11)17)12-7-4-3-5-8-12/h2-5,7-8,11,13,16H,1,6,9-10H2. The van der Waals surface area contributed by atoms with Crippen LogP contribution < -0.4 is 5.06 Å². The van der Waals surface area contributed by atoms with Crippen molar-refractivity contribution < 1.29 is 14.7 Å². The Morgan fingerprint density at radius 3 is 2.78 bits per heavy atom. The van der Waals surface area contributed by atoms with Crippen LogP contribution in [0.2, 0.25) is 0 Å². The van der Waals surface area contributed by atoms with Gasteiger partial charge >= 0.3 is 0 Å². The van der Waals surface area contributed by atoms with Gasteiger partial charge in [-0.3, -0.25) is 9.63 Å². The van der Waals surface area contributed by atoms with E-state index in [1.807, 2.05) is 30.3 Å². The second-order valence-corrected chi connectivity index (χ2v) is 4.34. The minimum Gasteiger partial charge on any atom is -0.394 e. The fraction of sp³-hybridized carbons (Fsp3) is 0.357. The Balaban J connectivity index is 2.22. The number of anilines is 1. The highest BCUT2D eigenvalue weighted by Gasteiger charge is 2.35. The van der Waals surface area contributed by atoms with Crippen LogP contribution in [0, 0.1) is 5.92 Å². The summed E-state index contributed by atoms with van der Waals surface area (Å²) in [6.45, 7) is 3.57. The van der Waals surface area contributed by atoms with Crippen molar-refractivity contribution in [3.8, 4) is 0 Å². The van der Waals surface area contributed by atoms with Crippen molar-refractivity contribution in [1.82, 2.24) is 0 Å². The Hall–Kier alpha value is -1.65. The number of hydrogen-bond donors (Lipinski definition) is 1. The highest BCUT2D eigenvalue weighted by atomic mass is 16.7. The maximum absolute atomic E-state index is 12.2. The van der Waals surface area contributed by atoms with Gasteiger partial charge in [0.1, 0.15) is 6.10 Å². The van der Waals surface area contributed by atoms with Gasteiger partial charge in [0, 0.05) is 5.92 Å². The summed E-state index contributed by atoms with van der Waals surface area (Å²) in [6, 6.07) is 9.18. The summed E-state index contributed by atoms with van der Waals surface area (Å²) < 4.78 is 0. The van der Waals surface area contributed by atoms with E-state index in [2.05, 4.69) is 6.58 Å². The smallest absolute Gasteiger partial charge is 0.254 e. The van der Waals surface area contributed by atoms with Gasteiger partial charge in [0.05, 0.1) is 12.3 Å². The first kappa shape index (κ1) is 12.8. The monoisotopic (exact) mass is 247 g/mol. The van der Waals surface area contributed by atoms with Crippen molar-refractivity contribution in [2.75, 3.05) is 11.7 Å². The summed E-state index contributed by atoms with van der Waals surface area (Å²) in [4.78, 5) is 17.8. The van der Waals surface area contributed by atoms with E-state index < -0.39 is 0 Å². The van der Waals surface area contributed by atoms with Gasteiger partial charge in [-0.15, -0.1) is 6.58 Å². The fourth-order valence-corrected chi connectivity index (χ4v) is 2.09. The van der Waals surface area contributed by atoms with Gasteiger partial charge in [-0.1, -0.05) is 24.3 Å². The summed E-state index contributed by atoms with van der Waals surface area (Å²) in [5, 5.41) is 10.5. The molecule has 0 spiro atoms. The van der Waals surface area contributed by atoms with E-state index in [0.29, 0.717) is 18.5 Å². The van der Waals surface area contributed by atoms with Crippen molar-refractivity contribution in [1.29, 1.82) is 0 Å². The maximum Gasteiger partial charge on any atom is 0.254 e. The predicted molar refractivity (Wildman–Crippen MR) is 68.8 cm³/mol. The summed E-state index contributed by atoms with van der Waals surface area (Å²) in [5.74, 6) is -0.251. The van der Waals surface area contributed by atoms with E-state index in [1.165, 1.54) is 5.06 Å². The molecule has 2 atom stereocenters. The zero-order valence-electron chi connectivity index (χ0n) is 10.2. The van der Waals surface area contributed by atoms with Gasteiger partial charge in [-0.05, 0) is 25.0 Å². The Morgan fingerprint density at radius 2 is 2.17 bits per heavy atom. The summed E-state index contributed by atoms with van der Waals surface area (Å²) in [6.07, 6.45) is 2.52. The normalized spacial score (nSPS) is 24.1. The van der Waals surface area contributed by atoms with Gasteiger partial charge in [-0.2, -0.15) is 5.06 Å². The molecule has 1 fully saturated rings. The molecule has 2 rings (SSSR count). The largest absolute Gasteiger partial charge is 0.394 e. The third kappa shape index (κ3) is 2.60. The second-order valence-electron chi connectivity index (χ2n) is 4.34.